The molecule has 0 fully saturated rings. The fourth-order valence-electron chi connectivity index (χ4n) is 2.51. The van der Waals surface area contributed by atoms with E-state index in [2.05, 4.69) is 20.9 Å². The minimum atomic E-state index is -0.0595. The topological polar surface area (TPSA) is 60.9 Å². The van der Waals surface area contributed by atoms with E-state index in [0.29, 0.717) is 23.9 Å². The van der Waals surface area contributed by atoms with Gasteiger partial charge in [-0.3, -0.25) is 9.36 Å². The van der Waals surface area contributed by atoms with Gasteiger partial charge in [0.1, 0.15) is 5.82 Å². The van der Waals surface area contributed by atoms with Crippen LogP contribution in [-0.4, -0.2) is 16.1 Å². The fourth-order valence-corrected chi connectivity index (χ4v) is 3.03. The Morgan fingerprint density at radius 1 is 1.09 bits per heavy atom. The third kappa shape index (κ3) is 2.69. The standard InChI is InChI=1S/C17H16BrN3O/c18-13-8-4-9-14-16(13)17(22)21(12-6-2-1-3-7-12)15(20-14)10-5-11-19/h1-4,6-9H,5,10-11,19H2. The Kier molecular flexibility index (Phi) is 4.36. The number of aromatic nitrogens is 2. The van der Waals surface area contributed by atoms with Gasteiger partial charge in [0.2, 0.25) is 0 Å². The summed E-state index contributed by atoms with van der Waals surface area (Å²) in [6.45, 7) is 0.571. The van der Waals surface area contributed by atoms with Crippen molar-refractivity contribution in [2.75, 3.05) is 6.54 Å². The van der Waals surface area contributed by atoms with E-state index in [1.54, 1.807) is 4.57 Å². The van der Waals surface area contributed by atoms with Crippen LogP contribution in [0.15, 0.2) is 57.8 Å². The smallest absolute Gasteiger partial charge is 0.267 e. The average Bonchev–Trinajstić information content (AvgIpc) is 2.53. The highest BCUT2D eigenvalue weighted by atomic mass is 79.9. The Labute approximate surface area is 136 Å². The van der Waals surface area contributed by atoms with Gasteiger partial charge >= 0.3 is 0 Å². The molecule has 0 radical (unpaired) electrons. The van der Waals surface area contributed by atoms with Crippen molar-refractivity contribution in [3.05, 3.63) is 69.2 Å². The van der Waals surface area contributed by atoms with Crippen LogP contribution < -0.4 is 11.3 Å². The van der Waals surface area contributed by atoms with Gasteiger partial charge in [0.25, 0.3) is 5.56 Å². The number of hydrogen-bond donors (Lipinski definition) is 1. The molecule has 0 amide bonds. The first-order valence-corrected chi connectivity index (χ1v) is 7.97. The van der Waals surface area contributed by atoms with Gasteiger partial charge in [0.15, 0.2) is 0 Å². The molecule has 4 nitrogen and oxygen atoms in total. The number of para-hydroxylation sites is 1. The summed E-state index contributed by atoms with van der Waals surface area (Å²) in [5.41, 5.74) is 7.09. The molecule has 0 aliphatic rings. The van der Waals surface area contributed by atoms with Gasteiger partial charge in [-0.1, -0.05) is 24.3 Å². The maximum absolute atomic E-state index is 13.0. The second-order valence-electron chi connectivity index (χ2n) is 5.03. The highest BCUT2D eigenvalue weighted by molar-refractivity contribution is 9.10. The van der Waals surface area contributed by atoms with Crippen molar-refractivity contribution in [1.82, 2.24) is 9.55 Å². The number of benzene rings is 2. The van der Waals surface area contributed by atoms with Crippen LogP contribution in [0.3, 0.4) is 0 Å². The van der Waals surface area contributed by atoms with Crippen LogP contribution in [0.4, 0.5) is 0 Å². The summed E-state index contributed by atoms with van der Waals surface area (Å²) < 4.78 is 2.44. The molecule has 5 heteroatoms. The molecule has 0 saturated carbocycles. The van der Waals surface area contributed by atoms with E-state index in [-0.39, 0.29) is 5.56 Å². The Morgan fingerprint density at radius 3 is 2.59 bits per heavy atom. The van der Waals surface area contributed by atoms with E-state index in [1.165, 1.54) is 0 Å². The lowest BCUT2D eigenvalue weighted by Crippen LogP contribution is -2.24. The molecular weight excluding hydrogens is 342 g/mol. The molecule has 112 valence electrons. The molecule has 3 aromatic rings. The molecule has 0 unspecified atom stereocenters. The number of aryl methyl sites for hydroxylation is 1. The number of rotatable bonds is 4. The van der Waals surface area contributed by atoms with E-state index in [0.717, 1.165) is 22.4 Å². The van der Waals surface area contributed by atoms with Gasteiger partial charge < -0.3 is 5.73 Å². The largest absolute Gasteiger partial charge is 0.330 e. The lowest BCUT2D eigenvalue weighted by molar-refractivity contribution is 0.741. The Balaban J connectivity index is 2.34. The molecule has 0 aliphatic heterocycles. The number of nitrogens with zero attached hydrogens (tertiary/aromatic N) is 2. The van der Waals surface area contributed by atoms with Crippen LogP contribution in [-0.2, 0) is 6.42 Å². The molecule has 0 saturated heterocycles. The van der Waals surface area contributed by atoms with Gasteiger partial charge in [0, 0.05) is 10.9 Å². The first-order valence-electron chi connectivity index (χ1n) is 7.18. The third-order valence-corrected chi connectivity index (χ3v) is 4.20. The van der Waals surface area contributed by atoms with E-state index in [4.69, 9.17) is 5.73 Å². The average molecular weight is 358 g/mol. The minimum absolute atomic E-state index is 0.0595. The molecule has 22 heavy (non-hydrogen) atoms. The van der Waals surface area contributed by atoms with E-state index in [1.807, 2.05) is 48.5 Å². The summed E-state index contributed by atoms with van der Waals surface area (Å²) in [7, 11) is 0. The van der Waals surface area contributed by atoms with Crippen molar-refractivity contribution in [2.24, 2.45) is 5.73 Å². The lowest BCUT2D eigenvalue weighted by Gasteiger charge is -2.14. The summed E-state index contributed by atoms with van der Waals surface area (Å²) in [5, 5.41) is 0.600. The van der Waals surface area contributed by atoms with Crippen LogP contribution in [0.1, 0.15) is 12.2 Å². The predicted octanol–water partition coefficient (Wildman–Crippen LogP) is 3.04. The van der Waals surface area contributed by atoms with Crippen molar-refractivity contribution in [1.29, 1.82) is 0 Å². The molecule has 1 aromatic heterocycles. The van der Waals surface area contributed by atoms with Crippen LogP contribution in [0, 0.1) is 0 Å². The Morgan fingerprint density at radius 2 is 1.86 bits per heavy atom. The van der Waals surface area contributed by atoms with Gasteiger partial charge in [-0.05, 0) is 53.2 Å². The maximum Gasteiger partial charge on any atom is 0.267 e. The molecular formula is C17H16BrN3O. The minimum Gasteiger partial charge on any atom is -0.330 e. The van der Waals surface area contributed by atoms with Crippen LogP contribution in [0.2, 0.25) is 0 Å². The van der Waals surface area contributed by atoms with Crippen molar-refractivity contribution >= 4 is 26.8 Å². The monoisotopic (exact) mass is 357 g/mol. The van der Waals surface area contributed by atoms with Crippen molar-refractivity contribution in [3.8, 4) is 5.69 Å². The van der Waals surface area contributed by atoms with Gasteiger partial charge in [-0.25, -0.2) is 4.98 Å². The second-order valence-corrected chi connectivity index (χ2v) is 5.88. The zero-order chi connectivity index (χ0) is 15.5. The van der Waals surface area contributed by atoms with Gasteiger partial charge in [-0.15, -0.1) is 0 Å². The summed E-state index contributed by atoms with van der Waals surface area (Å²) >= 11 is 3.46. The van der Waals surface area contributed by atoms with Crippen molar-refractivity contribution in [2.45, 2.75) is 12.8 Å². The molecule has 2 aromatic carbocycles. The lowest BCUT2D eigenvalue weighted by atomic mass is 10.2. The number of hydrogen-bond acceptors (Lipinski definition) is 3. The van der Waals surface area contributed by atoms with E-state index < -0.39 is 0 Å². The highest BCUT2D eigenvalue weighted by Gasteiger charge is 2.14. The molecule has 0 spiro atoms. The highest BCUT2D eigenvalue weighted by Crippen LogP contribution is 2.21. The Bertz CT molecular complexity index is 859. The summed E-state index contributed by atoms with van der Waals surface area (Å²) in [6.07, 6.45) is 1.46. The molecule has 0 aliphatic carbocycles. The first-order chi connectivity index (χ1) is 10.7. The van der Waals surface area contributed by atoms with Crippen molar-refractivity contribution < 1.29 is 0 Å². The predicted molar refractivity (Wildman–Crippen MR) is 92.4 cm³/mol. The number of halogens is 1. The van der Waals surface area contributed by atoms with E-state index >= 15 is 0 Å². The molecule has 0 bridgehead atoms. The maximum atomic E-state index is 13.0. The summed E-state index contributed by atoms with van der Waals surface area (Å²) in [5.74, 6) is 0.743. The van der Waals surface area contributed by atoms with Gasteiger partial charge in [0.05, 0.1) is 16.6 Å². The Hall–Kier alpha value is -1.98. The van der Waals surface area contributed by atoms with Crippen LogP contribution in [0.5, 0.6) is 0 Å². The third-order valence-electron chi connectivity index (χ3n) is 3.54. The summed E-state index contributed by atoms with van der Waals surface area (Å²) in [4.78, 5) is 17.7. The first kappa shape index (κ1) is 14.9. The number of nitrogens with two attached hydrogens (primary N) is 1. The molecule has 1 heterocycles. The molecule has 3 rings (SSSR count). The SMILES string of the molecule is NCCCc1nc2cccc(Br)c2c(=O)n1-c1ccccc1. The molecule has 0 atom stereocenters. The number of fused-ring (bicyclic) bond motifs is 1. The van der Waals surface area contributed by atoms with Gasteiger partial charge in [-0.2, -0.15) is 0 Å². The fraction of sp³-hybridized carbons (Fsp3) is 0.176. The normalized spacial score (nSPS) is 11.0. The second kappa shape index (κ2) is 6.42. The van der Waals surface area contributed by atoms with E-state index in [9.17, 15) is 4.79 Å². The zero-order valence-corrected chi connectivity index (χ0v) is 13.6. The van der Waals surface area contributed by atoms with Crippen LogP contribution >= 0.6 is 15.9 Å². The summed E-state index contributed by atoms with van der Waals surface area (Å²) in [6, 6.07) is 15.2. The zero-order valence-electron chi connectivity index (χ0n) is 12.0. The molecule has 2 N–H and O–H groups in total. The van der Waals surface area contributed by atoms with Crippen LogP contribution in [0.25, 0.3) is 16.6 Å². The van der Waals surface area contributed by atoms with Crippen molar-refractivity contribution in [3.63, 3.8) is 0 Å². The quantitative estimate of drug-likeness (QED) is 0.780.